The monoisotopic (exact) mass is 228 g/mol. The van der Waals surface area contributed by atoms with Crippen molar-refractivity contribution in [2.45, 2.75) is 38.9 Å². The Hall–Kier alpha value is -0.870. The molecule has 1 heterocycles. The summed E-state index contributed by atoms with van der Waals surface area (Å²) >= 11 is 0. The Kier molecular flexibility index (Phi) is 6.85. The maximum absolute atomic E-state index is 10.9. The number of allylic oxidation sites excluding steroid dienone is 1. The van der Waals surface area contributed by atoms with Gasteiger partial charge in [-0.2, -0.15) is 0 Å². The molecule has 0 spiro atoms. The fourth-order valence-electron chi connectivity index (χ4n) is 1.48. The first-order valence-corrected chi connectivity index (χ1v) is 5.89. The molecule has 1 fully saturated rings. The molecule has 0 aromatic carbocycles. The van der Waals surface area contributed by atoms with Gasteiger partial charge in [-0.1, -0.05) is 6.08 Å². The number of carbonyl (C=O) groups excluding carboxylic acids is 1. The quantitative estimate of drug-likeness (QED) is 0.396. The highest BCUT2D eigenvalue weighted by Crippen LogP contribution is 2.11. The molecular formula is C12H20O4. The summed E-state index contributed by atoms with van der Waals surface area (Å²) in [4.78, 5) is 10.9. The van der Waals surface area contributed by atoms with E-state index in [2.05, 4.69) is 0 Å². The minimum atomic E-state index is -0.271. The molecule has 4 nitrogen and oxygen atoms in total. The van der Waals surface area contributed by atoms with Gasteiger partial charge in [0, 0.05) is 6.08 Å². The van der Waals surface area contributed by atoms with Crippen LogP contribution in [0.25, 0.3) is 0 Å². The zero-order chi connectivity index (χ0) is 11.6. The predicted octanol–water partition coefficient (Wildman–Crippen LogP) is 2.04. The van der Waals surface area contributed by atoms with Crippen molar-refractivity contribution >= 4 is 5.97 Å². The van der Waals surface area contributed by atoms with Crippen LogP contribution < -0.4 is 0 Å². The maximum Gasteiger partial charge on any atom is 0.330 e. The van der Waals surface area contributed by atoms with Crippen LogP contribution in [-0.2, 0) is 19.0 Å². The molecule has 0 amide bonds. The van der Waals surface area contributed by atoms with Crippen molar-refractivity contribution in [3.63, 3.8) is 0 Å². The van der Waals surface area contributed by atoms with E-state index in [1.54, 1.807) is 6.92 Å². The number of esters is 1. The summed E-state index contributed by atoms with van der Waals surface area (Å²) in [7, 11) is 0. The molecule has 0 aromatic heterocycles. The molecule has 0 bridgehead atoms. The predicted molar refractivity (Wildman–Crippen MR) is 59.9 cm³/mol. The molecular weight excluding hydrogens is 208 g/mol. The fraction of sp³-hybridized carbons (Fsp3) is 0.750. The van der Waals surface area contributed by atoms with E-state index in [4.69, 9.17) is 14.2 Å². The van der Waals surface area contributed by atoms with Crippen molar-refractivity contribution in [2.75, 3.05) is 19.8 Å². The first kappa shape index (κ1) is 13.2. The molecule has 0 N–H and O–H groups in total. The molecule has 1 aliphatic rings. The Morgan fingerprint density at radius 3 is 2.88 bits per heavy atom. The summed E-state index contributed by atoms with van der Waals surface area (Å²) in [6.45, 7) is 3.81. The van der Waals surface area contributed by atoms with Crippen LogP contribution in [-0.4, -0.2) is 32.1 Å². The van der Waals surface area contributed by atoms with E-state index in [1.165, 1.54) is 6.08 Å². The van der Waals surface area contributed by atoms with Crippen molar-refractivity contribution in [3.8, 4) is 0 Å². The number of hydrogen-bond acceptors (Lipinski definition) is 4. The van der Waals surface area contributed by atoms with Gasteiger partial charge in [0.05, 0.1) is 19.8 Å². The molecule has 1 saturated heterocycles. The molecule has 0 atom stereocenters. The summed E-state index contributed by atoms with van der Waals surface area (Å²) in [5.41, 5.74) is 0. The van der Waals surface area contributed by atoms with Gasteiger partial charge in [-0.05, 0) is 32.6 Å². The van der Waals surface area contributed by atoms with E-state index in [9.17, 15) is 4.79 Å². The Morgan fingerprint density at radius 1 is 1.44 bits per heavy atom. The minimum Gasteiger partial charge on any atom is -0.463 e. The van der Waals surface area contributed by atoms with Crippen molar-refractivity contribution < 1.29 is 19.0 Å². The Bertz CT molecular complexity index is 219. The van der Waals surface area contributed by atoms with Crippen LogP contribution >= 0.6 is 0 Å². The number of hydrogen-bond donors (Lipinski definition) is 0. The van der Waals surface area contributed by atoms with Crippen molar-refractivity contribution in [3.05, 3.63) is 12.2 Å². The fourth-order valence-corrected chi connectivity index (χ4v) is 1.48. The third kappa shape index (κ3) is 5.88. The highest BCUT2D eigenvalue weighted by Gasteiger charge is 2.12. The standard InChI is InChI=1S/C12H20O4/c1-2-14-11(13)7-4-3-5-8-12-15-9-6-10-16-12/h4,7,12H,2-3,5-6,8-10H2,1H3/b7-4+. The summed E-state index contributed by atoms with van der Waals surface area (Å²) in [5.74, 6) is -0.271. The van der Waals surface area contributed by atoms with Crippen LogP contribution in [0.3, 0.4) is 0 Å². The molecule has 0 aliphatic carbocycles. The molecule has 0 unspecified atom stereocenters. The zero-order valence-electron chi connectivity index (χ0n) is 9.81. The van der Waals surface area contributed by atoms with Gasteiger partial charge >= 0.3 is 5.97 Å². The highest BCUT2D eigenvalue weighted by molar-refractivity contribution is 5.81. The van der Waals surface area contributed by atoms with Gasteiger partial charge in [0.15, 0.2) is 6.29 Å². The van der Waals surface area contributed by atoms with E-state index >= 15 is 0 Å². The normalized spacial score (nSPS) is 17.8. The Balaban J connectivity index is 2.00. The Morgan fingerprint density at radius 2 is 2.19 bits per heavy atom. The van der Waals surface area contributed by atoms with E-state index in [0.29, 0.717) is 6.61 Å². The summed E-state index contributed by atoms with van der Waals surface area (Å²) in [5, 5.41) is 0. The number of ether oxygens (including phenoxy) is 3. The maximum atomic E-state index is 10.9. The number of rotatable bonds is 6. The number of carbonyl (C=O) groups is 1. The van der Waals surface area contributed by atoms with Gasteiger partial charge < -0.3 is 14.2 Å². The summed E-state index contributed by atoms with van der Waals surface area (Å²) in [6, 6.07) is 0. The third-order valence-corrected chi connectivity index (χ3v) is 2.25. The van der Waals surface area contributed by atoms with E-state index in [0.717, 1.165) is 38.9 Å². The SMILES string of the molecule is CCOC(=O)/C=C/CCCC1OCCCO1. The van der Waals surface area contributed by atoms with E-state index in [1.807, 2.05) is 6.08 Å². The minimum absolute atomic E-state index is 0.0512. The average Bonchev–Trinajstić information content (AvgIpc) is 2.30. The second-order valence-corrected chi connectivity index (χ2v) is 3.61. The van der Waals surface area contributed by atoms with E-state index in [-0.39, 0.29) is 12.3 Å². The van der Waals surface area contributed by atoms with Crippen molar-refractivity contribution in [1.29, 1.82) is 0 Å². The molecule has 0 saturated carbocycles. The summed E-state index contributed by atoms with van der Waals surface area (Å²) in [6.07, 6.45) is 6.94. The second kappa shape index (κ2) is 8.30. The molecule has 0 aromatic rings. The van der Waals surface area contributed by atoms with Crippen molar-refractivity contribution in [1.82, 2.24) is 0 Å². The Labute approximate surface area is 96.6 Å². The van der Waals surface area contributed by atoms with Gasteiger partial charge in [0.1, 0.15) is 0 Å². The first-order chi connectivity index (χ1) is 7.83. The largest absolute Gasteiger partial charge is 0.463 e. The second-order valence-electron chi connectivity index (χ2n) is 3.61. The summed E-state index contributed by atoms with van der Waals surface area (Å²) < 4.78 is 15.6. The van der Waals surface area contributed by atoms with Gasteiger partial charge in [0.2, 0.25) is 0 Å². The van der Waals surface area contributed by atoms with Crippen LogP contribution in [0.4, 0.5) is 0 Å². The van der Waals surface area contributed by atoms with Crippen molar-refractivity contribution in [2.24, 2.45) is 0 Å². The van der Waals surface area contributed by atoms with Crippen LogP contribution in [0.2, 0.25) is 0 Å². The molecule has 16 heavy (non-hydrogen) atoms. The molecule has 1 aliphatic heterocycles. The van der Waals surface area contributed by atoms with Crippen LogP contribution in [0.15, 0.2) is 12.2 Å². The lowest BCUT2D eigenvalue weighted by Gasteiger charge is -2.22. The lowest BCUT2D eigenvalue weighted by molar-refractivity contribution is -0.181. The van der Waals surface area contributed by atoms with Gasteiger partial charge in [-0.25, -0.2) is 4.79 Å². The number of unbranched alkanes of at least 4 members (excludes halogenated alkanes) is 1. The van der Waals surface area contributed by atoms with Crippen LogP contribution in [0, 0.1) is 0 Å². The van der Waals surface area contributed by atoms with E-state index < -0.39 is 0 Å². The average molecular weight is 228 g/mol. The van der Waals surface area contributed by atoms with Gasteiger partial charge in [0.25, 0.3) is 0 Å². The first-order valence-electron chi connectivity index (χ1n) is 5.89. The van der Waals surface area contributed by atoms with Crippen LogP contribution in [0.1, 0.15) is 32.6 Å². The lowest BCUT2D eigenvalue weighted by atomic mass is 10.2. The smallest absolute Gasteiger partial charge is 0.330 e. The van der Waals surface area contributed by atoms with Crippen LogP contribution in [0.5, 0.6) is 0 Å². The lowest BCUT2D eigenvalue weighted by Crippen LogP contribution is -2.24. The van der Waals surface area contributed by atoms with Gasteiger partial charge in [-0.15, -0.1) is 0 Å². The molecule has 0 radical (unpaired) electrons. The van der Waals surface area contributed by atoms with Gasteiger partial charge in [-0.3, -0.25) is 0 Å². The molecule has 1 rings (SSSR count). The zero-order valence-corrected chi connectivity index (χ0v) is 9.81. The molecule has 4 heteroatoms. The third-order valence-electron chi connectivity index (χ3n) is 2.25. The molecule has 92 valence electrons. The topological polar surface area (TPSA) is 44.8 Å². The highest BCUT2D eigenvalue weighted by atomic mass is 16.7.